The number of rotatable bonds is 4. The Hall–Kier alpha value is -2.16. The fourth-order valence-electron chi connectivity index (χ4n) is 2.05. The first-order chi connectivity index (χ1) is 9.60. The second kappa shape index (κ2) is 6.33. The SMILES string of the molecule is CCCc1ccc(NC(=O)c2cc(C)ccc2F)cc1. The lowest BCUT2D eigenvalue weighted by Gasteiger charge is -2.08. The third kappa shape index (κ3) is 3.44. The number of carbonyl (C=O) groups excluding carboxylic acids is 1. The molecule has 0 bridgehead atoms. The van der Waals surface area contributed by atoms with Crippen molar-refractivity contribution in [1.82, 2.24) is 0 Å². The van der Waals surface area contributed by atoms with Gasteiger partial charge in [0.25, 0.3) is 5.91 Å². The first kappa shape index (κ1) is 14.3. The number of aryl methyl sites for hydroxylation is 2. The summed E-state index contributed by atoms with van der Waals surface area (Å²) in [5.74, 6) is -0.926. The van der Waals surface area contributed by atoms with E-state index < -0.39 is 11.7 Å². The predicted octanol–water partition coefficient (Wildman–Crippen LogP) is 4.34. The number of amides is 1. The highest BCUT2D eigenvalue weighted by Gasteiger charge is 2.11. The van der Waals surface area contributed by atoms with Crippen LogP contribution < -0.4 is 5.32 Å². The summed E-state index contributed by atoms with van der Waals surface area (Å²) in [6.45, 7) is 3.95. The van der Waals surface area contributed by atoms with E-state index in [1.54, 1.807) is 12.1 Å². The molecule has 0 aliphatic rings. The summed E-state index contributed by atoms with van der Waals surface area (Å²) in [5, 5.41) is 2.72. The van der Waals surface area contributed by atoms with Crippen molar-refractivity contribution < 1.29 is 9.18 Å². The maximum atomic E-state index is 13.6. The zero-order chi connectivity index (χ0) is 14.5. The van der Waals surface area contributed by atoms with E-state index in [-0.39, 0.29) is 5.56 Å². The Labute approximate surface area is 118 Å². The number of anilines is 1. The minimum absolute atomic E-state index is 0.0719. The molecule has 3 heteroatoms. The lowest BCUT2D eigenvalue weighted by Crippen LogP contribution is -2.14. The van der Waals surface area contributed by atoms with Gasteiger partial charge < -0.3 is 5.32 Å². The van der Waals surface area contributed by atoms with Gasteiger partial charge in [0.2, 0.25) is 0 Å². The van der Waals surface area contributed by atoms with Crippen molar-refractivity contribution in [3.63, 3.8) is 0 Å². The van der Waals surface area contributed by atoms with Crippen LogP contribution in [0.3, 0.4) is 0 Å². The van der Waals surface area contributed by atoms with E-state index in [1.165, 1.54) is 11.6 Å². The molecule has 0 saturated heterocycles. The lowest BCUT2D eigenvalue weighted by molar-refractivity contribution is 0.102. The van der Waals surface area contributed by atoms with Crippen molar-refractivity contribution in [3.8, 4) is 0 Å². The summed E-state index contributed by atoms with van der Waals surface area (Å²) in [5.41, 5.74) is 2.83. The normalized spacial score (nSPS) is 10.3. The maximum Gasteiger partial charge on any atom is 0.258 e. The Morgan fingerprint density at radius 1 is 1.15 bits per heavy atom. The van der Waals surface area contributed by atoms with Crippen molar-refractivity contribution in [1.29, 1.82) is 0 Å². The summed E-state index contributed by atoms with van der Waals surface area (Å²) in [6, 6.07) is 12.2. The Bertz CT molecular complexity index is 605. The molecule has 2 aromatic carbocycles. The molecule has 0 atom stereocenters. The first-order valence-corrected chi connectivity index (χ1v) is 6.76. The molecule has 0 aliphatic heterocycles. The van der Waals surface area contributed by atoms with Gasteiger partial charge in [-0.05, 0) is 43.2 Å². The van der Waals surface area contributed by atoms with E-state index in [2.05, 4.69) is 12.2 Å². The second-order valence-electron chi connectivity index (χ2n) is 4.88. The molecule has 0 unspecified atom stereocenters. The van der Waals surface area contributed by atoms with Gasteiger partial charge in [-0.15, -0.1) is 0 Å². The van der Waals surface area contributed by atoms with E-state index in [9.17, 15) is 9.18 Å². The number of nitrogens with one attached hydrogen (secondary N) is 1. The smallest absolute Gasteiger partial charge is 0.258 e. The quantitative estimate of drug-likeness (QED) is 0.880. The van der Waals surface area contributed by atoms with Crippen molar-refractivity contribution in [2.75, 3.05) is 5.32 Å². The highest BCUT2D eigenvalue weighted by molar-refractivity contribution is 6.04. The predicted molar refractivity (Wildman–Crippen MR) is 79.5 cm³/mol. The number of hydrogen-bond donors (Lipinski definition) is 1. The Balaban J connectivity index is 2.13. The van der Waals surface area contributed by atoms with Crippen LogP contribution in [0.2, 0.25) is 0 Å². The summed E-state index contributed by atoms with van der Waals surface area (Å²) in [6.07, 6.45) is 2.10. The molecule has 104 valence electrons. The largest absolute Gasteiger partial charge is 0.322 e. The minimum Gasteiger partial charge on any atom is -0.322 e. The molecule has 0 fully saturated rings. The zero-order valence-electron chi connectivity index (χ0n) is 11.7. The van der Waals surface area contributed by atoms with Crippen LogP contribution in [-0.4, -0.2) is 5.91 Å². The molecule has 1 N–H and O–H groups in total. The van der Waals surface area contributed by atoms with Crippen molar-refractivity contribution in [3.05, 3.63) is 65.0 Å². The second-order valence-corrected chi connectivity index (χ2v) is 4.88. The maximum absolute atomic E-state index is 13.6. The van der Waals surface area contributed by atoms with E-state index in [4.69, 9.17) is 0 Å². The molecule has 1 amide bonds. The van der Waals surface area contributed by atoms with Crippen LogP contribution >= 0.6 is 0 Å². The van der Waals surface area contributed by atoms with E-state index >= 15 is 0 Å². The van der Waals surface area contributed by atoms with E-state index in [0.29, 0.717) is 5.69 Å². The van der Waals surface area contributed by atoms with Gasteiger partial charge in [0.1, 0.15) is 5.82 Å². The van der Waals surface area contributed by atoms with Gasteiger partial charge in [-0.3, -0.25) is 4.79 Å². The molecular formula is C17H18FNO. The summed E-state index contributed by atoms with van der Waals surface area (Å²) in [7, 11) is 0. The summed E-state index contributed by atoms with van der Waals surface area (Å²) >= 11 is 0. The van der Waals surface area contributed by atoms with Gasteiger partial charge in [0.05, 0.1) is 5.56 Å². The van der Waals surface area contributed by atoms with Crippen molar-refractivity contribution >= 4 is 11.6 Å². The number of benzene rings is 2. The number of hydrogen-bond acceptors (Lipinski definition) is 1. The number of halogens is 1. The number of carbonyl (C=O) groups is 1. The molecule has 0 radical (unpaired) electrons. The van der Waals surface area contributed by atoms with Gasteiger partial charge in [-0.2, -0.15) is 0 Å². The molecule has 2 nitrogen and oxygen atoms in total. The minimum atomic E-state index is -0.504. The molecular weight excluding hydrogens is 253 g/mol. The van der Waals surface area contributed by atoms with Crippen molar-refractivity contribution in [2.24, 2.45) is 0 Å². The van der Waals surface area contributed by atoms with Crippen LogP contribution in [0.4, 0.5) is 10.1 Å². The van der Waals surface area contributed by atoms with Crippen LogP contribution in [0.15, 0.2) is 42.5 Å². The summed E-state index contributed by atoms with van der Waals surface area (Å²) < 4.78 is 13.6. The molecule has 0 aliphatic carbocycles. The van der Waals surface area contributed by atoms with Gasteiger partial charge in [-0.25, -0.2) is 4.39 Å². The van der Waals surface area contributed by atoms with Crippen LogP contribution in [0.25, 0.3) is 0 Å². The summed E-state index contributed by atoms with van der Waals surface area (Å²) in [4.78, 5) is 12.0. The molecule has 0 saturated carbocycles. The highest BCUT2D eigenvalue weighted by Crippen LogP contribution is 2.15. The zero-order valence-corrected chi connectivity index (χ0v) is 11.7. The third-order valence-corrected chi connectivity index (χ3v) is 3.12. The fraction of sp³-hybridized carbons (Fsp3) is 0.235. The Morgan fingerprint density at radius 2 is 1.85 bits per heavy atom. The topological polar surface area (TPSA) is 29.1 Å². The monoisotopic (exact) mass is 271 g/mol. The van der Waals surface area contributed by atoms with Gasteiger partial charge >= 0.3 is 0 Å². The van der Waals surface area contributed by atoms with Gasteiger partial charge in [0.15, 0.2) is 0 Å². The Kier molecular flexibility index (Phi) is 4.51. The van der Waals surface area contributed by atoms with Crippen LogP contribution in [0.1, 0.15) is 34.8 Å². The lowest BCUT2D eigenvalue weighted by atomic mass is 10.1. The standard InChI is InChI=1S/C17H18FNO/c1-3-4-13-6-8-14(9-7-13)19-17(20)15-11-12(2)5-10-16(15)18/h5-11H,3-4H2,1-2H3,(H,19,20). The van der Waals surface area contributed by atoms with Crippen LogP contribution in [0, 0.1) is 12.7 Å². The average Bonchev–Trinajstić information content (AvgIpc) is 2.44. The fourth-order valence-corrected chi connectivity index (χ4v) is 2.05. The molecule has 20 heavy (non-hydrogen) atoms. The van der Waals surface area contributed by atoms with Gasteiger partial charge in [0, 0.05) is 5.69 Å². The van der Waals surface area contributed by atoms with Crippen LogP contribution in [-0.2, 0) is 6.42 Å². The molecule has 2 rings (SSSR count). The molecule has 2 aromatic rings. The Morgan fingerprint density at radius 3 is 2.50 bits per heavy atom. The third-order valence-electron chi connectivity index (χ3n) is 3.12. The van der Waals surface area contributed by atoms with Crippen molar-refractivity contribution in [2.45, 2.75) is 26.7 Å². The average molecular weight is 271 g/mol. The van der Waals surface area contributed by atoms with Gasteiger partial charge in [-0.1, -0.05) is 37.1 Å². The first-order valence-electron chi connectivity index (χ1n) is 6.76. The molecule has 0 spiro atoms. The van der Waals surface area contributed by atoms with E-state index in [0.717, 1.165) is 18.4 Å². The van der Waals surface area contributed by atoms with Crippen LogP contribution in [0.5, 0.6) is 0 Å². The molecule has 0 aromatic heterocycles. The highest BCUT2D eigenvalue weighted by atomic mass is 19.1. The molecule has 0 heterocycles. The van der Waals surface area contributed by atoms with E-state index in [1.807, 2.05) is 31.2 Å².